The molecule has 1 aliphatic rings. The van der Waals surface area contributed by atoms with Crippen molar-refractivity contribution in [1.82, 2.24) is 10.2 Å². The number of nitrogens with zero attached hydrogens (tertiary/aromatic N) is 1. The monoisotopic (exact) mass is 314 g/mol. The van der Waals surface area contributed by atoms with Gasteiger partial charge in [-0.2, -0.15) is 0 Å². The van der Waals surface area contributed by atoms with Crippen LogP contribution in [-0.2, 0) is 6.54 Å². The molecular formula is C16H24Cl2N2. The van der Waals surface area contributed by atoms with Gasteiger partial charge in [0.1, 0.15) is 0 Å². The predicted molar refractivity (Wildman–Crippen MR) is 87.6 cm³/mol. The molecule has 2 rings (SSSR count). The third-order valence-corrected chi connectivity index (χ3v) is 4.89. The summed E-state index contributed by atoms with van der Waals surface area (Å²) in [6.45, 7) is 11.9. The highest BCUT2D eigenvalue weighted by molar-refractivity contribution is 6.42. The van der Waals surface area contributed by atoms with Crippen molar-refractivity contribution in [2.45, 2.75) is 45.8 Å². The van der Waals surface area contributed by atoms with Crippen molar-refractivity contribution >= 4 is 23.2 Å². The van der Waals surface area contributed by atoms with E-state index in [1.807, 2.05) is 12.1 Å². The van der Waals surface area contributed by atoms with Gasteiger partial charge >= 0.3 is 0 Å². The molecule has 1 atom stereocenters. The first-order chi connectivity index (χ1) is 9.30. The van der Waals surface area contributed by atoms with Crippen molar-refractivity contribution in [3.63, 3.8) is 0 Å². The van der Waals surface area contributed by atoms with E-state index in [9.17, 15) is 0 Å². The van der Waals surface area contributed by atoms with E-state index in [0.29, 0.717) is 22.0 Å². The number of rotatable bonds is 3. The maximum absolute atomic E-state index is 6.34. The zero-order valence-electron chi connectivity index (χ0n) is 12.7. The Hall–Kier alpha value is -0.280. The third kappa shape index (κ3) is 3.67. The SMILES string of the molecule is CC(C)C1CNC(C)(C)CN1Cc1cccc(Cl)c1Cl. The number of nitrogens with one attached hydrogen (secondary N) is 1. The highest BCUT2D eigenvalue weighted by atomic mass is 35.5. The van der Waals surface area contributed by atoms with Crippen LogP contribution >= 0.6 is 23.2 Å². The molecule has 1 unspecified atom stereocenters. The van der Waals surface area contributed by atoms with Crippen molar-refractivity contribution < 1.29 is 0 Å². The average Bonchev–Trinajstić information content (AvgIpc) is 2.33. The molecule has 2 nitrogen and oxygen atoms in total. The Morgan fingerprint density at radius 3 is 2.70 bits per heavy atom. The minimum absolute atomic E-state index is 0.135. The second-order valence-corrected chi connectivity index (χ2v) is 7.48. The molecule has 0 saturated carbocycles. The van der Waals surface area contributed by atoms with Crippen molar-refractivity contribution in [1.29, 1.82) is 0 Å². The number of hydrogen-bond donors (Lipinski definition) is 1. The van der Waals surface area contributed by atoms with Gasteiger partial charge in [0.05, 0.1) is 10.0 Å². The van der Waals surface area contributed by atoms with E-state index >= 15 is 0 Å². The lowest BCUT2D eigenvalue weighted by Gasteiger charge is -2.46. The summed E-state index contributed by atoms with van der Waals surface area (Å²) in [6.07, 6.45) is 0. The number of hydrogen-bond acceptors (Lipinski definition) is 2. The maximum Gasteiger partial charge on any atom is 0.0637 e. The lowest BCUT2D eigenvalue weighted by molar-refractivity contribution is 0.0628. The van der Waals surface area contributed by atoms with Crippen LogP contribution in [0.4, 0.5) is 0 Å². The summed E-state index contributed by atoms with van der Waals surface area (Å²) in [5, 5.41) is 4.96. The van der Waals surface area contributed by atoms with E-state index in [2.05, 4.69) is 44.0 Å². The van der Waals surface area contributed by atoms with E-state index in [1.54, 1.807) is 0 Å². The molecule has 1 N–H and O–H groups in total. The smallest absolute Gasteiger partial charge is 0.0637 e. The first-order valence-electron chi connectivity index (χ1n) is 7.22. The van der Waals surface area contributed by atoms with Gasteiger partial charge in [-0.1, -0.05) is 49.2 Å². The van der Waals surface area contributed by atoms with Gasteiger partial charge in [-0.15, -0.1) is 0 Å². The van der Waals surface area contributed by atoms with Crippen molar-refractivity contribution in [2.24, 2.45) is 5.92 Å². The highest BCUT2D eigenvalue weighted by Gasteiger charge is 2.34. The molecule has 20 heavy (non-hydrogen) atoms. The van der Waals surface area contributed by atoms with Gasteiger partial charge in [0.2, 0.25) is 0 Å². The van der Waals surface area contributed by atoms with Crippen LogP contribution in [0, 0.1) is 5.92 Å². The Morgan fingerprint density at radius 1 is 1.35 bits per heavy atom. The fourth-order valence-electron chi connectivity index (χ4n) is 2.91. The molecule has 0 aromatic heterocycles. The van der Waals surface area contributed by atoms with Gasteiger partial charge in [0.15, 0.2) is 0 Å². The van der Waals surface area contributed by atoms with Crippen LogP contribution in [0.2, 0.25) is 10.0 Å². The lowest BCUT2D eigenvalue weighted by Crippen LogP contribution is -2.62. The molecule has 1 aromatic rings. The van der Waals surface area contributed by atoms with Crippen molar-refractivity contribution in [3.05, 3.63) is 33.8 Å². The van der Waals surface area contributed by atoms with Crippen LogP contribution in [0.3, 0.4) is 0 Å². The molecule has 0 spiro atoms. The minimum atomic E-state index is 0.135. The van der Waals surface area contributed by atoms with Crippen LogP contribution in [0.25, 0.3) is 0 Å². The van der Waals surface area contributed by atoms with Crippen LogP contribution in [-0.4, -0.2) is 29.6 Å². The lowest BCUT2D eigenvalue weighted by atomic mass is 9.92. The molecule has 0 amide bonds. The Labute approximate surface area is 132 Å². The zero-order chi connectivity index (χ0) is 14.9. The number of benzene rings is 1. The van der Waals surface area contributed by atoms with Crippen LogP contribution < -0.4 is 5.32 Å². The molecule has 1 aromatic carbocycles. The van der Waals surface area contributed by atoms with Gasteiger partial charge < -0.3 is 5.32 Å². The molecular weight excluding hydrogens is 291 g/mol. The number of piperazine rings is 1. The summed E-state index contributed by atoms with van der Waals surface area (Å²) in [6, 6.07) is 6.41. The largest absolute Gasteiger partial charge is 0.309 e. The second kappa shape index (κ2) is 6.23. The summed E-state index contributed by atoms with van der Waals surface area (Å²) in [5.41, 5.74) is 1.25. The van der Waals surface area contributed by atoms with Gasteiger partial charge in [-0.3, -0.25) is 4.90 Å². The van der Waals surface area contributed by atoms with E-state index in [-0.39, 0.29) is 5.54 Å². The van der Waals surface area contributed by atoms with E-state index in [1.165, 1.54) is 0 Å². The van der Waals surface area contributed by atoms with Gasteiger partial charge in [0, 0.05) is 31.2 Å². The maximum atomic E-state index is 6.34. The summed E-state index contributed by atoms with van der Waals surface area (Å²) < 4.78 is 0. The molecule has 0 radical (unpaired) electrons. The van der Waals surface area contributed by atoms with Crippen molar-refractivity contribution in [2.75, 3.05) is 13.1 Å². The third-order valence-electron chi connectivity index (χ3n) is 4.03. The van der Waals surface area contributed by atoms with Gasteiger partial charge in [-0.05, 0) is 31.4 Å². The molecule has 4 heteroatoms. The standard InChI is InChI=1S/C16H24Cl2N2/c1-11(2)14-8-19-16(3,4)10-20(14)9-12-6-5-7-13(17)15(12)18/h5-7,11,14,19H,8-10H2,1-4H3. The fraction of sp³-hybridized carbons (Fsp3) is 0.625. The predicted octanol–water partition coefficient (Wildman–Crippen LogP) is 4.20. The van der Waals surface area contributed by atoms with Gasteiger partial charge in [-0.25, -0.2) is 0 Å². The van der Waals surface area contributed by atoms with E-state index in [0.717, 1.165) is 25.2 Å². The van der Waals surface area contributed by atoms with E-state index < -0.39 is 0 Å². The molecule has 1 fully saturated rings. The summed E-state index contributed by atoms with van der Waals surface area (Å²) in [5.74, 6) is 0.608. The summed E-state index contributed by atoms with van der Waals surface area (Å²) in [7, 11) is 0. The first-order valence-corrected chi connectivity index (χ1v) is 7.98. The van der Waals surface area contributed by atoms with Crippen molar-refractivity contribution in [3.8, 4) is 0 Å². The zero-order valence-corrected chi connectivity index (χ0v) is 14.2. The number of halogens is 2. The van der Waals surface area contributed by atoms with Gasteiger partial charge in [0.25, 0.3) is 0 Å². The Balaban J connectivity index is 2.21. The molecule has 0 aliphatic carbocycles. The normalized spacial score (nSPS) is 23.2. The first kappa shape index (κ1) is 16.1. The Morgan fingerprint density at radius 2 is 2.05 bits per heavy atom. The topological polar surface area (TPSA) is 15.3 Å². The Kier molecular flexibility index (Phi) is 5.01. The van der Waals surface area contributed by atoms with E-state index in [4.69, 9.17) is 23.2 Å². The molecule has 1 aliphatic heterocycles. The molecule has 1 heterocycles. The average molecular weight is 315 g/mol. The molecule has 0 bridgehead atoms. The summed E-state index contributed by atoms with van der Waals surface area (Å²) >= 11 is 12.5. The quantitative estimate of drug-likeness (QED) is 0.899. The second-order valence-electron chi connectivity index (χ2n) is 6.69. The van der Waals surface area contributed by atoms with Crippen LogP contribution in [0.5, 0.6) is 0 Å². The van der Waals surface area contributed by atoms with Crippen LogP contribution in [0.1, 0.15) is 33.3 Å². The molecule has 112 valence electrons. The highest BCUT2D eigenvalue weighted by Crippen LogP contribution is 2.29. The fourth-order valence-corrected chi connectivity index (χ4v) is 3.29. The Bertz CT molecular complexity index is 472. The molecule has 1 saturated heterocycles. The minimum Gasteiger partial charge on any atom is -0.309 e. The van der Waals surface area contributed by atoms with Crippen LogP contribution in [0.15, 0.2) is 18.2 Å². The summed E-state index contributed by atoms with van der Waals surface area (Å²) in [4.78, 5) is 2.53.